The van der Waals surface area contributed by atoms with E-state index in [9.17, 15) is 0 Å². The van der Waals surface area contributed by atoms with Crippen LogP contribution in [0.25, 0.3) is 0 Å². The molecule has 1 unspecified atom stereocenters. The van der Waals surface area contributed by atoms with Gasteiger partial charge in [0.15, 0.2) is 0 Å². The summed E-state index contributed by atoms with van der Waals surface area (Å²) in [7, 11) is 1.69. The van der Waals surface area contributed by atoms with E-state index in [1.807, 2.05) is 31.5 Å². The van der Waals surface area contributed by atoms with E-state index in [-0.39, 0.29) is 6.04 Å². The number of nitrogens with one attached hydrogen (secondary N) is 1. The second kappa shape index (κ2) is 6.67. The first-order chi connectivity index (χ1) is 9.58. The molecule has 2 aromatic rings. The molecule has 3 N–H and O–H groups in total. The van der Waals surface area contributed by atoms with Crippen LogP contribution in [0.5, 0.6) is 5.75 Å². The van der Waals surface area contributed by atoms with Crippen LogP contribution in [-0.2, 0) is 6.42 Å². The summed E-state index contributed by atoms with van der Waals surface area (Å²) in [6.45, 7) is 4.03. The second-order valence-electron chi connectivity index (χ2n) is 4.60. The lowest BCUT2D eigenvalue weighted by Crippen LogP contribution is -2.29. The standard InChI is InChI=1S/C14H18BrN3OS/c1-8-7-17-11(9(2)13(8)19-3)6-12(18-16)14-10(15)4-5-20-14/h4-5,7,12,18H,6,16H2,1-3H3. The second-order valence-corrected chi connectivity index (χ2v) is 6.40. The Morgan fingerprint density at radius 2 is 2.25 bits per heavy atom. The topological polar surface area (TPSA) is 60.2 Å². The van der Waals surface area contributed by atoms with E-state index in [1.54, 1.807) is 18.4 Å². The maximum Gasteiger partial charge on any atom is 0.128 e. The zero-order chi connectivity index (χ0) is 14.7. The van der Waals surface area contributed by atoms with Crippen LogP contribution in [0.2, 0.25) is 0 Å². The van der Waals surface area contributed by atoms with Gasteiger partial charge in [-0.1, -0.05) is 0 Å². The quantitative estimate of drug-likeness (QED) is 0.638. The van der Waals surface area contributed by atoms with E-state index in [1.165, 1.54) is 4.88 Å². The molecule has 0 fully saturated rings. The van der Waals surface area contributed by atoms with Gasteiger partial charge in [0, 0.05) is 38.8 Å². The average molecular weight is 356 g/mol. The van der Waals surface area contributed by atoms with Crippen LogP contribution >= 0.6 is 27.3 Å². The number of rotatable bonds is 5. The van der Waals surface area contributed by atoms with Crippen LogP contribution in [-0.4, -0.2) is 12.1 Å². The molecule has 6 heteroatoms. The molecule has 0 amide bonds. The SMILES string of the molecule is COc1c(C)cnc(CC(NN)c2sccc2Br)c1C. The summed E-state index contributed by atoms with van der Waals surface area (Å²) in [5, 5.41) is 2.04. The monoisotopic (exact) mass is 355 g/mol. The highest BCUT2D eigenvalue weighted by atomic mass is 79.9. The first kappa shape index (κ1) is 15.4. The zero-order valence-corrected chi connectivity index (χ0v) is 14.1. The Bertz CT molecular complexity index is 600. The Morgan fingerprint density at radius 1 is 1.50 bits per heavy atom. The molecule has 0 saturated carbocycles. The minimum Gasteiger partial charge on any atom is -0.496 e. The van der Waals surface area contributed by atoms with E-state index >= 15 is 0 Å². The molecule has 4 nitrogen and oxygen atoms in total. The maximum atomic E-state index is 5.71. The highest BCUT2D eigenvalue weighted by molar-refractivity contribution is 9.10. The van der Waals surface area contributed by atoms with Gasteiger partial charge < -0.3 is 4.74 Å². The van der Waals surface area contributed by atoms with Gasteiger partial charge in [0.05, 0.1) is 13.2 Å². The molecule has 2 aromatic heterocycles. The van der Waals surface area contributed by atoms with Crippen molar-refractivity contribution < 1.29 is 4.74 Å². The van der Waals surface area contributed by atoms with Crippen LogP contribution in [0.15, 0.2) is 22.1 Å². The summed E-state index contributed by atoms with van der Waals surface area (Å²) in [6, 6.07) is 2.06. The molecular weight excluding hydrogens is 338 g/mol. The molecule has 108 valence electrons. The van der Waals surface area contributed by atoms with Gasteiger partial charge in [-0.2, -0.15) is 0 Å². The van der Waals surface area contributed by atoms with Gasteiger partial charge in [0.1, 0.15) is 5.75 Å². The highest BCUT2D eigenvalue weighted by Gasteiger charge is 2.18. The number of nitrogens with zero attached hydrogens (tertiary/aromatic N) is 1. The zero-order valence-electron chi connectivity index (χ0n) is 11.7. The number of hydrazine groups is 1. The first-order valence-corrected chi connectivity index (χ1v) is 7.93. The number of thiophene rings is 1. The Hall–Kier alpha value is -0.950. The van der Waals surface area contributed by atoms with E-state index in [0.29, 0.717) is 0 Å². The van der Waals surface area contributed by atoms with Crippen molar-refractivity contribution in [2.45, 2.75) is 26.3 Å². The number of nitrogens with two attached hydrogens (primary N) is 1. The smallest absolute Gasteiger partial charge is 0.128 e. The molecule has 0 aliphatic heterocycles. The van der Waals surface area contributed by atoms with Gasteiger partial charge in [-0.3, -0.25) is 16.3 Å². The van der Waals surface area contributed by atoms with E-state index in [0.717, 1.165) is 33.5 Å². The summed E-state index contributed by atoms with van der Waals surface area (Å²) >= 11 is 5.22. The summed E-state index contributed by atoms with van der Waals surface area (Å²) < 4.78 is 6.52. The van der Waals surface area contributed by atoms with Crippen LogP contribution in [0.1, 0.15) is 27.7 Å². The molecule has 0 bridgehead atoms. The summed E-state index contributed by atoms with van der Waals surface area (Å²) in [4.78, 5) is 5.70. The largest absolute Gasteiger partial charge is 0.496 e. The van der Waals surface area contributed by atoms with Crippen molar-refractivity contribution in [3.8, 4) is 5.75 Å². The number of halogens is 1. The summed E-state index contributed by atoms with van der Waals surface area (Å²) in [5.41, 5.74) is 5.98. The van der Waals surface area contributed by atoms with Crippen molar-refractivity contribution >= 4 is 27.3 Å². The summed E-state index contributed by atoms with van der Waals surface area (Å²) in [5.74, 6) is 6.61. The van der Waals surface area contributed by atoms with E-state index in [4.69, 9.17) is 10.6 Å². The van der Waals surface area contributed by atoms with Crippen LogP contribution in [0.3, 0.4) is 0 Å². The third-order valence-corrected chi connectivity index (χ3v) is 5.29. The van der Waals surface area contributed by atoms with Crippen LogP contribution < -0.4 is 16.0 Å². The van der Waals surface area contributed by atoms with Crippen LogP contribution in [0, 0.1) is 13.8 Å². The Balaban J connectivity index is 2.31. The highest BCUT2D eigenvalue weighted by Crippen LogP contribution is 2.32. The number of hydrogen-bond donors (Lipinski definition) is 2. The molecule has 1 atom stereocenters. The third-order valence-electron chi connectivity index (χ3n) is 3.31. The van der Waals surface area contributed by atoms with Gasteiger partial charge in [0.2, 0.25) is 0 Å². The van der Waals surface area contributed by atoms with Crippen molar-refractivity contribution in [1.82, 2.24) is 10.4 Å². The molecule has 0 radical (unpaired) electrons. The molecule has 0 spiro atoms. The lowest BCUT2D eigenvalue weighted by Gasteiger charge is -2.18. The van der Waals surface area contributed by atoms with Gasteiger partial charge in [-0.15, -0.1) is 11.3 Å². The lowest BCUT2D eigenvalue weighted by molar-refractivity contribution is 0.406. The predicted molar refractivity (Wildman–Crippen MR) is 86.1 cm³/mol. The molecular formula is C14H18BrN3OS. The van der Waals surface area contributed by atoms with E-state index in [2.05, 4.69) is 26.3 Å². The number of aryl methyl sites for hydroxylation is 1. The minimum absolute atomic E-state index is 0.0305. The number of ether oxygens (including phenoxy) is 1. The number of aromatic nitrogens is 1. The van der Waals surface area contributed by atoms with Gasteiger partial charge in [-0.05, 0) is 41.2 Å². The summed E-state index contributed by atoms with van der Waals surface area (Å²) in [6.07, 6.45) is 2.57. The Kier molecular flexibility index (Phi) is 5.15. The fourth-order valence-electron chi connectivity index (χ4n) is 2.25. The van der Waals surface area contributed by atoms with Crippen molar-refractivity contribution in [3.63, 3.8) is 0 Å². The van der Waals surface area contributed by atoms with Crippen molar-refractivity contribution in [1.29, 1.82) is 0 Å². The van der Waals surface area contributed by atoms with Crippen molar-refractivity contribution in [3.05, 3.63) is 43.8 Å². The average Bonchev–Trinajstić information content (AvgIpc) is 2.85. The molecule has 0 aliphatic carbocycles. The van der Waals surface area contributed by atoms with Crippen molar-refractivity contribution in [2.24, 2.45) is 5.84 Å². The molecule has 2 heterocycles. The molecule has 0 saturated heterocycles. The fraction of sp³-hybridized carbons (Fsp3) is 0.357. The van der Waals surface area contributed by atoms with E-state index < -0.39 is 0 Å². The Morgan fingerprint density at radius 3 is 2.80 bits per heavy atom. The van der Waals surface area contributed by atoms with Crippen LogP contribution in [0.4, 0.5) is 0 Å². The molecule has 0 aliphatic rings. The van der Waals surface area contributed by atoms with Gasteiger partial charge in [-0.25, -0.2) is 0 Å². The molecule has 20 heavy (non-hydrogen) atoms. The van der Waals surface area contributed by atoms with Crippen molar-refractivity contribution in [2.75, 3.05) is 7.11 Å². The third kappa shape index (κ3) is 3.03. The number of methoxy groups -OCH3 is 1. The fourth-order valence-corrected chi connectivity index (χ4v) is 3.96. The lowest BCUT2D eigenvalue weighted by atomic mass is 10.0. The normalized spacial score (nSPS) is 12.4. The first-order valence-electron chi connectivity index (χ1n) is 6.26. The predicted octanol–water partition coefficient (Wildman–Crippen LogP) is 3.28. The number of pyridine rings is 1. The maximum absolute atomic E-state index is 5.71. The van der Waals surface area contributed by atoms with Gasteiger partial charge >= 0.3 is 0 Å². The Labute approximate surface area is 131 Å². The van der Waals surface area contributed by atoms with Gasteiger partial charge in [0.25, 0.3) is 0 Å². The minimum atomic E-state index is 0.0305. The number of hydrogen-bond acceptors (Lipinski definition) is 5. The molecule has 0 aromatic carbocycles. The molecule has 2 rings (SSSR count).